The number of nitrogens with zero attached hydrogens (tertiary/aromatic N) is 2. The lowest BCUT2D eigenvalue weighted by atomic mass is 10.2. The lowest BCUT2D eigenvalue weighted by Gasteiger charge is -2.37. The van der Waals surface area contributed by atoms with E-state index in [4.69, 9.17) is 4.74 Å². The monoisotopic (exact) mass is 395 g/mol. The van der Waals surface area contributed by atoms with Gasteiger partial charge in [0.2, 0.25) is 11.8 Å². The molecule has 0 aromatic heterocycles. The van der Waals surface area contributed by atoms with Crippen LogP contribution in [0.15, 0.2) is 60.7 Å². The topological polar surface area (TPSA) is 61.9 Å². The lowest BCUT2D eigenvalue weighted by molar-refractivity contribution is -0.136. The highest BCUT2D eigenvalue weighted by Crippen LogP contribution is 2.16. The number of hydrogen-bond donors (Lipinski definition) is 1. The van der Waals surface area contributed by atoms with Crippen molar-refractivity contribution in [3.63, 3.8) is 0 Å². The second-order valence-corrected chi connectivity index (χ2v) is 7.20. The van der Waals surface area contributed by atoms with Crippen molar-refractivity contribution >= 4 is 17.5 Å². The van der Waals surface area contributed by atoms with Crippen LogP contribution in [0.4, 0.5) is 5.69 Å². The average molecular weight is 396 g/mol. The van der Waals surface area contributed by atoms with Crippen molar-refractivity contribution in [1.29, 1.82) is 0 Å². The van der Waals surface area contributed by atoms with Crippen molar-refractivity contribution in [3.8, 4) is 5.75 Å². The third-order valence-corrected chi connectivity index (χ3v) is 5.02. The number of piperazine rings is 1. The molecule has 154 valence electrons. The Morgan fingerprint density at radius 1 is 0.966 bits per heavy atom. The Morgan fingerprint density at radius 2 is 1.59 bits per heavy atom. The van der Waals surface area contributed by atoms with Gasteiger partial charge in [0.1, 0.15) is 11.8 Å². The largest absolute Gasteiger partial charge is 0.494 e. The molecule has 2 aromatic carbocycles. The molecule has 0 spiro atoms. The molecule has 0 saturated carbocycles. The average Bonchev–Trinajstić information content (AvgIpc) is 2.77. The molecule has 2 amide bonds. The Hall–Kier alpha value is -3.02. The van der Waals surface area contributed by atoms with E-state index in [9.17, 15) is 9.59 Å². The smallest absolute Gasteiger partial charge is 0.244 e. The van der Waals surface area contributed by atoms with Crippen LogP contribution in [0, 0.1) is 0 Å². The van der Waals surface area contributed by atoms with Crippen LogP contribution in [0.3, 0.4) is 0 Å². The molecule has 1 atom stereocenters. The van der Waals surface area contributed by atoms with Gasteiger partial charge in [0, 0.05) is 38.3 Å². The third-order valence-electron chi connectivity index (χ3n) is 5.02. The van der Waals surface area contributed by atoms with E-state index in [2.05, 4.69) is 22.3 Å². The normalized spacial score (nSPS) is 14.9. The lowest BCUT2D eigenvalue weighted by Crippen LogP contribution is -2.54. The Morgan fingerprint density at radius 3 is 2.24 bits per heavy atom. The third kappa shape index (κ3) is 6.24. The summed E-state index contributed by atoms with van der Waals surface area (Å²) in [6.45, 7) is 5.16. The molecule has 0 radical (unpaired) electrons. The quantitative estimate of drug-likeness (QED) is 0.698. The second kappa shape index (κ2) is 10.5. The van der Waals surface area contributed by atoms with E-state index in [1.54, 1.807) is 6.92 Å². The summed E-state index contributed by atoms with van der Waals surface area (Å²) in [6, 6.07) is 19.2. The summed E-state index contributed by atoms with van der Waals surface area (Å²) in [4.78, 5) is 28.9. The van der Waals surface area contributed by atoms with Gasteiger partial charge < -0.3 is 19.9 Å². The van der Waals surface area contributed by atoms with Gasteiger partial charge in [-0.15, -0.1) is 0 Å². The second-order valence-electron chi connectivity index (χ2n) is 7.20. The summed E-state index contributed by atoms with van der Waals surface area (Å²) in [6.07, 6.45) is 0.948. The summed E-state index contributed by atoms with van der Waals surface area (Å²) in [7, 11) is 0. The molecule has 6 nitrogen and oxygen atoms in total. The molecule has 1 N–H and O–H groups in total. The molecule has 1 aliphatic heterocycles. The van der Waals surface area contributed by atoms with E-state index in [0.29, 0.717) is 32.5 Å². The Bertz CT molecular complexity index is 774. The SMILES string of the molecule is C[C@H](NC(=O)CCCOc1ccccc1)C(=O)N1CCN(c2ccccc2)CC1. The van der Waals surface area contributed by atoms with E-state index in [-0.39, 0.29) is 11.8 Å². The Balaban J connectivity index is 1.35. The van der Waals surface area contributed by atoms with Crippen LogP contribution in [0.1, 0.15) is 19.8 Å². The Kier molecular flexibility index (Phi) is 7.50. The highest BCUT2D eigenvalue weighted by Gasteiger charge is 2.25. The van der Waals surface area contributed by atoms with Crippen molar-refractivity contribution in [2.45, 2.75) is 25.8 Å². The molecule has 1 aliphatic rings. The van der Waals surface area contributed by atoms with Crippen molar-refractivity contribution in [1.82, 2.24) is 10.2 Å². The molecular weight excluding hydrogens is 366 g/mol. The number of nitrogens with one attached hydrogen (secondary N) is 1. The first-order valence-corrected chi connectivity index (χ1v) is 10.2. The minimum atomic E-state index is -0.513. The number of para-hydroxylation sites is 2. The van der Waals surface area contributed by atoms with Gasteiger partial charge in [-0.1, -0.05) is 36.4 Å². The van der Waals surface area contributed by atoms with Gasteiger partial charge >= 0.3 is 0 Å². The molecule has 0 aliphatic carbocycles. The summed E-state index contributed by atoms with van der Waals surface area (Å²) < 4.78 is 5.59. The molecule has 1 saturated heterocycles. The molecule has 2 aromatic rings. The number of carbonyl (C=O) groups is 2. The fourth-order valence-corrected chi connectivity index (χ4v) is 3.41. The number of ether oxygens (including phenoxy) is 1. The maximum Gasteiger partial charge on any atom is 0.244 e. The van der Waals surface area contributed by atoms with Crippen LogP contribution in [0.25, 0.3) is 0 Å². The van der Waals surface area contributed by atoms with E-state index in [1.165, 1.54) is 5.69 Å². The van der Waals surface area contributed by atoms with Crippen molar-refractivity contribution < 1.29 is 14.3 Å². The maximum absolute atomic E-state index is 12.7. The minimum absolute atomic E-state index is 0.0217. The summed E-state index contributed by atoms with van der Waals surface area (Å²) in [5, 5.41) is 2.82. The summed E-state index contributed by atoms with van der Waals surface area (Å²) >= 11 is 0. The first-order chi connectivity index (χ1) is 14.1. The van der Waals surface area contributed by atoms with Crippen LogP contribution in [-0.2, 0) is 9.59 Å². The summed E-state index contributed by atoms with van der Waals surface area (Å²) in [5.74, 6) is 0.656. The van der Waals surface area contributed by atoms with Crippen LogP contribution < -0.4 is 15.0 Å². The number of rotatable bonds is 8. The van der Waals surface area contributed by atoms with Crippen LogP contribution >= 0.6 is 0 Å². The predicted octanol–water partition coefficient (Wildman–Crippen LogP) is 2.70. The number of anilines is 1. The van der Waals surface area contributed by atoms with Crippen molar-refractivity contribution in [2.24, 2.45) is 0 Å². The molecule has 29 heavy (non-hydrogen) atoms. The first-order valence-electron chi connectivity index (χ1n) is 10.2. The molecule has 0 unspecified atom stereocenters. The fraction of sp³-hybridized carbons (Fsp3) is 0.391. The maximum atomic E-state index is 12.7. The molecule has 3 rings (SSSR count). The van der Waals surface area contributed by atoms with Gasteiger partial charge in [-0.05, 0) is 37.6 Å². The highest BCUT2D eigenvalue weighted by atomic mass is 16.5. The molecule has 6 heteroatoms. The van der Waals surface area contributed by atoms with E-state index in [1.807, 2.05) is 53.4 Å². The standard InChI is InChI=1S/C23H29N3O3/c1-19(24-22(27)13-8-18-29-21-11-6-3-7-12-21)23(28)26-16-14-25(15-17-26)20-9-4-2-5-10-20/h2-7,9-12,19H,8,13-18H2,1H3,(H,24,27)/t19-/m0/s1. The molecule has 1 fully saturated rings. The van der Waals surface area contributed by atoms with E-state index in [0.717, 1.165) is 18.8 Å². The van der Waals surface area contributed by atoms with Crippen LogP contribution in [-0.4, -0.2) is 55.5 Å². The van der Waals surface area contributed by atoms with Gasteiger partial charge in [-0.3, -0.25) is 9.59 Å². The number of benzene rings is 2. The zero-order valence-corrected chi connectivity index (χ0v) is 16.9. The molecular formula is C23H29N3O3. The minimum Gasteiger partial charge on any atom is -0.494 e. The van der Waals surface area contributed by atoms with E-state index < -0.39 is 6.04 Å². The van der Waals surface area contributed by atoms with Gasteiger partial charge in [0.15, 0.2) is 0 Å². The van der Waals surface area contributed by atoms with Crippen molar-refractivity contribution in [3.05, 3.63) is 60.7 Å². The van der Waals surface area contributed by atoms with Crippen molar-refractivity contribution in [2.75, 3.05) is 37.7 Å². The molecule has 0 bridgehead atoms. The summed E-state index contributed by atoms with van der Waals surface area (Å²) in [5.41, 5.74) is 1.18. The van der Waals surface area contributed by atoms with E-state index >= 15 is 0 Å². The predicted molar refractivity (Wildman–Crippen MR) is 114 cm³/mol. The van der Waals surface area contributed by atoms with Gasteiger partial charge in [0.05, 0.1) is 6.61 Å². The zero-order chi connectivity index (χ0) is 20.5. The van der Waals surface area contributed by atoms with Gasteiger partial charge in [-0.25, -0.2) is 0 Å². The highest BCUT2D eigenvalue weighted by molar-refractivity contribution is 5.87. The van der Waals surface area contributed by atoms with Crippen LogP contribution in [0.2, 0.25) is 0 Å². The van der Waals surface area contributed by atoms with Crippen LogP contribution in [0.5, 0.6) is 5.75 Å². The molecule has 1 heterocycles. The van der Waals surface area contributed by atoms with Gasteiger partial charge in [0.25, 0.3) is 0 Å². The number of amides is 2. The number of hydrogen-bond acceptors (Lipinski definition) is 4. The van der Waals surface area contributed by atoms with Gasteiger partial charge in [-0.2, -0.15) is 0 Å². The fourth-order valence-electron chi connectivity index (χ4n) is 3.41. The number of carbonyl (C=O) groups excluding carboxylic acids is 2. The Labute approximate surface area is 172 Å². The first kappa shape index (κ1) is 20.7. The zero-order valence-electron chi connectivity index (χ0n) is 16.9.